The van der Waals surface area contributed by atoms with Crippen molar-refractivity contribution in [2.24, 2.45) is 47.3 Å². The minimum atomic E-state index is -0.253. The van der Waals surface area contributed by atoms with E-state index in [2.05, 4.69) is 20.8 Å². The van der Waals surface area contributed by atoms with Crippen molar-refractivity contribution in [3.05, 3.63) is 0 Å². The number of fused-ring (bicyclic) bond motifs is 2. The first-order chi connectivity index (χ1) is 14.5. The van der Waals surface area contributed by atoms with Crippen LogP contribution in [0.2, 0.25) is 0 Å². The van der Waals surface area contributed by atoms with E-state index in [-0.39, 0.29) is 23.6 Å². The average Bonchev–Trinajstić information content (AvgIpc) is 2.94. The molecule has 0 unspecified atom stereocenters. The van der Waals surface area contributed by atoms with Crippen LogP contribution in [-0.2, 0) is 19.2 Å². The fraction of sp³-hybridized carbons (Fsp3) is 1.00. The van der Waals surface area contributed by atoms with Crippen LogP contribution in [0.5, 0.6) is 0 Å². The summed E-state index contributed by atoms with van der Waals surface area (Å²) in [4.78, 5) is 12.6. The van der Waals surface area contributed by atoms with Gasteiger partial charge in [0.25, 0.3) is 0 Å². The maximum absolute atomic E-state index is 7.01. The van der Waals surface area contributed by atoms with Gasteiger partial charge in [0.1, 0.15) is 11.2 Å². The van der Waals surface area contributed by atoms with Crippen molar-refractivity contribution < 1.29 is 19.2 Å². The fourth-order valence-electron chi connectivity index (χ4n) is 9.83. The Morgan fingerprint density at radius 3 is 2.30 bits per heavy atom. The molecule has 9 rings (SSSR count). The standard InChI is InChI=1S/C26H40O4/c1-14-4-5-21-15(2)24(28-23-18-9-16-8-17(11-18)12-19(23)10-16)27-22-13-25(3)7-6-20(14)26(21,22)30-29-25/h14-24H,4-13H2,1-3H3/t14-,15-,16?,17?,18?,19?,20+,21+,22-,23?,24-,25+,26-/m1/s1. The van der Waals surface area contributed by atoms with Crippen LogP contribution in [0.1, 0.15) is 85.0 Å². The highest BCUT2D eigenvalue weighted by Crippen LogP contribution is 2.62. The number of hydrogen-bond donors (Lipinski definition) is 0. The lowest BCUT2D eigenvalue weighted by atomic mass is 9.55. The van der Waals surface area contributed by atoms with Gasteiger partial charge in [0.2, 0.25) is 0 Å². The van der Waals surface area contributed by atoms with Gasteiger partial charge in [0.05, 0.1) is 12.2 Å². The molecule has 4 nitrogen and oxygen atoms in total. The van der Waals surface area contributed by atoms with Crippen LogP contribution in [0.4, 0.5) is 0 Å². The van der Waals surface area contributed by atoms with Crippen molar-refractivity contribution in [2.75, 3.05) is 0 Å². The Balaban J connectivity index is 1.19. The lowest BCUT2D eigenvalue weighted by molar-refractivity contribution is -0.497. The Morgan fingerprint density at radius 2 is 1.57 bits per heavy atom. The summed E-state index contributed by atoms with van der Waals surface area (Å²) >= 11 is 0. The van der Waals surface area contributed by atoms with Gasteiger partial charge in [-0.15, -0.1) is 0 Å². The lowest BCUT2D eigenvalue weighted by Gasteiger charge is -2.62. The quantitative estimate of drug-likeness (QED) is 0.558. The Bertz CT molecular complexity index is 681. The molecule has 0 aromatic rings. The van der Waals surface area contributed by atoms with Crippen molar-refractivity contribution in [2.45, 2.75) is 115 Å². The molecule has 3 heterocycles. The highest BCUT2D eigenvalue weighted by molar-refractivity contribution is 5.13. The maximum Gasteiger partial charge on any atom is 0.161 e. The monoisotopic (exact) mass is 416 g/mol. The molecule has 6 bridgehead atoms. The van der Waals surface area contributed by atoms with E-state index in [1.165, 1.54) is 51.4 Å². The van der Waals surface area contributed by atoms with E-state index < -0.39 is 0 Å². The van der Waals surface area contributed by atoms with Crippen molar-refractivity contribution >= 4 is 0 Å². The molecule has 3 saturated heterocycles. The molecule has 4 heteroatoms. The summed E-state index contributed by atoms with van der Waals surface area (Å²) in [6, 6.07) is 0. The van der Waals surface area contributed by atoms with Gasteiger partial charge in [0, 0.05) is 18.3 Å². The summed E-state index contributed by atoms with van der Waals surface area (Å²) in [5.74, 6) is 5.65. The molecular formula is C26H40O4. The Kier molecular flexibility index (Phi) is 4.16. The molecule has 0 aromatic carbocycles. The first-order valence-electron chi connectivity index (χ1n) is 13.1. The second-order valence-corrected chi connectivity index (χ2v) is 12.9. The predicted molar refractivity (Wildman–Crippen MR) is 112 cm³/mol. The molecular weight excluding hydrogens is 376 g/mol. The Hall–Kier alpha value is -0.160. The smallest absolute Gasteiger partial charge is 0.161 e. The molecule has 168 valence electrons. The van der Waals surface area contributed by atoms with Crippen LogP contribution in [0, 0.1) is 47.3 Å². The van der Waals surface area contributed by atoms with Gasteiger partial charge in [-0.3, -0.25) is 0 Å². The van der Waals surface area contributed by atoms with E-state index in [1.54, 1.807) is 0 Å². The number of hydrogen-bond acceptors (Lipinski definition) is 4. The molecule has 9 aliphatic rings. The van der Waals surface area contributed by atoms with Crippen molar-refractivity contribution in [1.29, 1.82) is 0 Å². The van der Waals surface area contributed by atoms with E-state index in [4.69, 9.17) is 19.2 Å². The zero-order valence-electron chi connectivity index (χ0n) is 19.1. The van der Waals surface area contributed by atoms with Gasteiger partial charge in [-0.05, 0) is 100 Å². The largest absolute Gasteiger partial charge is 0.349 e. The summed E-state index contributed by atoms with van der Waals surface area (Å²) < 4.78 is 13.9. The van der Waals surface area contributed by atoms with Crippen molar-refractivity contribution in [1.82, 2.24) is 0 Å². The third-order valence-corrected chi connectivity index (χ3v) is 11.1. The van der Waals surface area contributed by atoms with Crippen molar-refractivity contribution in [3.63, 3.8) is 0 Å². The van der Waals surface area contributed by atoms with Gasteiger partial charge < -0.3 is 9.47 Å². The van der Waals surface area contributed by atoms with Gasteiger partial charge in [-0.1, -0.05) is 13.8 Å². The molecule has 0 aromatic heterocycles. The first-order valence-corrected chi connectivity index (χ1v) is 13.1. The zero-order chi connectivity index (χ0) is 20.3. The number of rotatable bonds is 2. The zero-order valence-corrected chi connectivity index (χ0v) is 19.1. The average molecular weight is 417 g/mol. The summed E-state index contributed by atoms with van der Waals surface area (Å²) in [5.41, 5.74) is -0.456. The van der Waals surface area contributed by atoms with Crippen LogP contribution in [0.3, 0.4) is 0 Å². The van der Waals surface area contributed by atoms with Gasteiger partial charge >= 0.3 is 0 Å². The lowest BCUT2D eigenvalue weighted by Crippen LogP contribution is -2.70. The topological polar surface area (TPSA) is 36.9 Å². The minimum Gasteiger partial charge on any atom is -0.349 e. The predicted octanol–water partition coefficient (Wildman–Crippen LogP) is 5.49. The van der Waals surface area contributed by atoms with E-state index >= 15 is 0 Å². The van der Waals surface area contributed by atoms with Crippen molar-refractivity contribution in [3.8, 4) is 0 Å². The normalized spacial score (nSPS) is 63.5. The van der Waals surface area contributed by atoms with Crippen LogP contribution in [-0.4, -0.2) is 29.7 Å². The third kappa shape index (κ3) is 2.54. The highest BCUT2D eigenvalue weighted by Gasteiger charge is 2.68. The fourth-order valence-corrected chi connectivity index (χ4v) is 9.83. The minimum absolute atomic E-state index is 0.0613. The summed E-state index contributed by atoms with van der Waals surface area (Å²) in [5, 5.41) is 0. The highest BCUT2D eigenvalue weighted by atomic mass is 17.2. The molecule has 0 amide bonds. The van der Waals surface area contributed by atoms with Gasteiger partial charge in [-0.2, -0.15) is 0 Å². The molecule has 0 N–H and O–H groups in total. The Labute approximate surface area is 181 Å². The van der Waals surface area contributed by atoms with Gasteiger partial charge in [0.15, 0.2) is 6.29 Å². The van der Waals surface area contributed by atoms with Crippen LogP contribution >= 0.6 is 0 Å². The SMILES string of the molecule is C[C@H]1[C@@H](OC2C3CC4CC(C3)CC2C4)O[C@@H]2C[C@]3(C)CC[C@H]4[C@H](C)CC[C@@H]1[C@@]24OO3. The Morgan fingerprint density at radius 1 is 0.833 bits per heavy atom. The molecule has 0 radical (unpaired) electrons. The molecule has 30 heavy (non-hydrogen) atoms. The van der Waals surface area contributed by atoms with Crippen LogP contribution in [0.15, 0.2) is 0 Å². The van der Waals surface area contributed by atoms with Gasteiger partial charge in [-0.25, -0.2) is 9.78 Å². The summed E-state index contributed by atoms with van der Waals surface area (Å²) in [7, 11) is 0. The maximum atomic E-state index is 7.01. The summed E-state index contributed by atoms with van der Waals surface area (Å²) in [6.45, 7) is 7.04. The second-order valence-electron chi connectivity index (χ2n) is 12.9. The molecule has 3 aliphatic heterocycles. The second kappa shape index (κ2) is 6.46. The van der Waals surface area contributed by atoms with E-state index in [9.17, 15) is 0 Å². The number of ether oxygens (including phenoxy) is 2. The van der Waals surface area contributed by atoms with Crippen LogP contribution < -0.4 is 0 Å². The summed E-state index contributed by atoms with van der Waals surface area (Å²) in [6.07, 6.45) is 13.4. The van der Waals surface area contributed by atoms with Crippen LogP contribution in [0.25, 0.3) is 0 Å². The molecule has 1 spiro atoms. The third-order valence-electron chi connectivity index (χ3n) is 11.1. The first kappa shape index (κ1) is 19.3. The molecule has 6 aliphatic carbocycles. The molecule has 8 atom stereocenters. The van der Waals surface area contributed by atoms with E-state index in [0.717, 1.165) is 36.5 Å². The van der Waals surface area contributed by atoms with E-state index in [1.807, 2.05) is 0 Å². The molecule has 6 saturated carbocycles. The van der Waals surface area contributed by atoms with E-state index in [0.29, 0.717) is 29.8 Å². The molecule has 9 fully saturated rings.